The van der Waals surface area contributed by atoms with Gasteiger partial charge in [0.15, 0.2) is 0 Å². The van der Waals surface area contributed by atoms with E-state index in [-0.39, 0.29) is 0 Å². The Balaban J connectivity index is 1.94. The first-order valence-corrected chi connectivity index (χ1v) is 7.32. The molecule has 4 nitrogen and oxygen atoms in total. The van der Waals surface area contributed by atoms with Crippen LogP contribution >= 0.6 is 0 Å². The Labute approximate surface area is 110 Å². The van der Waals surface area contributed by atoms with Gasteiger partial charge in [0.1, 0.15) is 12.2 Å². The zero-order valence-electron chi connectivity index (χ0n) is 11.9. The largest absolute Gasteiger partial charge is 0.314 e. The second kappa shape index (κ2) is 6.32. The Morgan fingerprint density at radius 1 is 1.44 bits per heavy atom. The molecule has 0 aromatic carbocycles. The summed E-state index contributed by atoms with van der Waals surface area (Å²) in [4.78, 5) is 4.42. The molecule has 1 saturated carbocycles. The number of aromatic nitrogens is 3. The minimum Gasteiger partial charge on any atom is -0.314 e. The molecule has 18 heavy (non-hydrogen) atoms. The van der Waals surface area contributed by atoms with Gasteiger partial charge in [-0.15, -0.1) is 0 Å². The van der Waals surface area contributed by atoms with Crippen LogP contribution in [-0.4, -0.2) is 27.4 Å². The van der Waals surface area contributed by atoms with E-state index in [0.717, 1.165) is 24.7 Å². The summed E-state index contributed by atoms with van der Waals surface area (Å²) >= 11 is 0. The molecule has 1 N–H and O–H groups in total. The quantitative estimate of drug-likeness (QED) is 0.771. The molecule has 1 aromatic rings. The van der Waals surface area contributed by atoms with E-state index < -0.39 is 0 Å². The fourth-order valence-electron chi connectivity index (χ4n) is 2.42. The van der Waals surface area contributed by atoms with Crippen LogP contribution in [0.1, 0.15) is 58.3 Å². The average molecular weight is 250 g/mol. The standard InChI is InChI=1S/C14H26N4/c1-4-7-15-13(8-12-5-6-12)9-14-16-10-17-18(14)11(2)3/h10-13,15H,4-9H2,1-3H3. The number of rotatable bonds is 8. The van der Waals surface area contributed by atoms with Crippen LogP contribution in [0.4, 0.5) is 0 Å². The number of hydrogen-bond acceptors (Lipinski definition) is 3. The van der Waals surface area contributed by atoms with Crippen molar-refractivity contribution >= 4 is 0 Å². The van der Waals surface area contributed by atoms with Crippen LogP contribution in [0, 0.1) is 5.92 Å². The highest BCUT2D eigenvalue weighted by molar-refractivity contribution is 4.93. The predicted octanol–water partition coefficient (Wildman–Crippen LogP) is 2.57. The lowest BCUT2D eigenvalue weighted by Gasteiger charge is -2.19. The highest BCUT2D eigenvalue weighted by Gasteiger charge is 2.26. The monoisotopic (exact) mass is 250 g/mol. The maximum Gasteiger partial charge on any atom is 0.138 e. The molecule has 1 heterocycles. The summed E-state index contributed by atoms with van der Waals surface area (Å²) in [5.41, 5.74) is 0. The maximum absolute atomic E-state index is 4.42. The molecule has 1 atom stereocenters. The minimum absolute atomic E-state index is 0.398. The average Bonchev–Trinajstić information content (AvgIpc) is 3.02. The smallest absolute Gasteiger partial charge is 0.138 e. The molecule has 1 aliphatic carbocycles. The summed E-state index contributed by atoms with van der Waals surface area (Å²) in [5, 5.41) is 7.99. The number of nitrogens with zero attached hydrogens (tertiary/aromatic N) is 3. The highest BCUT2D eigenvalue weighted by atomic mass is 15.3. The van der Waals surface area contributed by atoms with Gasteiger partial charge >= 0.3 is 0 Å². The van der Waals surface area contributed by atoms with Crippen LogP contribution in [0.25, 0.3) is 0 Å². The van der Waals surface area contributed by atoms with Gasteiger partial charge in [0.2, 0.25) is 0 Å². The van der Waals surface area contributed by atoms with E-state index in [1.165, 1.54) is 25.7 Å². The predicted molar refractivity (Wildman–Crippen MR) is 73.5 cm³/mol. The van der Waals surface area contributed by atoms with Crippen LogP contribution < -0.4 is 5.32 Å². The van der Waals surface area contributed by atoms with E-state index in [4.69, 9.17) is 0 Å². The van der Waals surface area contributed by atoms with Crippen LogP contribution in [0.2, 0.25) is 0 Å². The van der Waals surface area contributed by atoms with E-state index in [1.54, 1.807) is 6.33 Å². The number of hydrogen-bond donors (Lipinski definition) is 1. The molecule has 0 saturated heterocycles. The minimum atomic E-state index is 0.398. The molecule has 1 aromatic heterocycles. The molecule has 0 radical (unpaired) electrons. The van der Waals surface area contributed by atoms with Gasteiger partial charge in [-0.3, -0.25) is 0 Å². The van der Waals surface area contributed by atoms with Gasteiger partial charge in [0, 0.05) is 18.5 Å². The molecule has 0 spiro atoms. The van der Waals surface area contributed by atoms with Crippen molar-refractivity contribution in [3.63, 3.8) is 0 Å². The Bertz CT molecular complexity index is 354. The first-order valence-electron chi connectivity index (χ1n) is 7.32. The summed E-state index contributed by atoms with van der Waals surface area (Å²) in [5.74, 6) is 2.08. The van der Waals surface area contributed by atoms with Crippen molar-refractivity contribution in [1.29, 1.82) is 0 Å². The summed E-state index contributed by atoms with van der Waals surface area (Å²) in [7, 11) is 0. The van der Waals surface area contributed by atoms with Crippen molar-refractivity contribution < 1.29 is 0 Å². The topological polar surface area (TPSA) is 42.7 Å². The second-order valence-corrected chi connectivity index (χ2v) is 5.75. The fraction of sp³-hybridized carbons (Fsp3) is 0.857. The van der Waals surface area contributed by atoms with E-state index in [0.29, 0.717) is 12.1 Å². The van der Waals surface area contributed by atoms with Gasteiger partial charge in [0.05, 0.1) is 0 Å². The lowest BCUT2D eigenvalue weighted by atomic mass is 10.1. The van der Waals surface area contributed by atoms with Gasteiger partial charge < -0.3 is 5.32 Å². The van der Waals surface area contributed by atoms with Crippen molar-refractivity contribution in [2.75, 3.05) is 6.54 Å². The van der Waals surface area contributed by atoms with Crippen molar-refractivity contribution in [1.82, 2.24) is 20.1 Å². The van der Waals surface area contributed by atoms with Gasteiger partial charge in [-0.05, 0) is 39.2 Å². The second-order valence-electron chi connectivity index (χ2n) is 5.75. The Kier molecular flexibility index (Phi) is 4.75. The third-order valence-electron chi connectivity index (χ3n) is 3.56. The zero-order chi connectivity index (χ0) is 13.0. The van der Waals surface area contributed by atoms with E-state index in [2.05, 4.69) is 36.2 Å². The van der Waals surface area contributed by atoms with Crippen LogP contribution in [-0.2, 0) is 6.42 Å². The third kappa shape index (κ3) is 3.80. The third-order valence-corrected chi connectivity index (χ3v) is 3.56. The van der Waals surface area contributed by atoms with Crippen molar-refractivity contribution in [3.05, 3.63) is 12.2 Å². The molecule has 1 aliphatic rings. The first-order chi connectivity index (χ1) is 8.70. The van der Waals surface area contributed by atoms with Gasteiger partial charge in [-0.25, -0.2) is 9.67 Å². The SMILES string of the molecule is CCCNC(Cc1ncnn1C(C)C)CC1CC1. The lowest BCUT2D eigenvalue weighted by molar-refractivity contribution is 0.423. The van der Waals surface area contributed by atoms with Crippen LogP contribution in [0.3, 0.4) is 0 Å². The molecule has 1 unspecified atom stereocenters. The normalized spacial score (nSPS) is 17.3. The maximum atomic E-state index is 4.42. The molecular weight excluding hydrogens is 224 g/mol. The molecule has 0 aliphatic heterocycles. The van der Waals surface area contributed by atoms with E-state index in [1.807, 2.05) is 4.68 Å². The molecular formula is C14H26N4. The molecule has 4 heteroatoms. The first kappa shape index (κ1) is 13.5. The van der Waals surface area contributed by atoms with Crippen molar-refractivity contribution in [2.45, 2.75) is 65.0 Å². The van der Waals surface area contributed by atoms with Crippen molar-refractivity contribution in [2.24, 2.45) is 5.92 Å². The molecule has 102 valence electrons. The van der Waals surface area contributed by atoms with E-state index in [9.17, 15) is 0 Å². The molecule has 2 rings (SSSR count). The zero-order valence-corrected chi connectivity index (χ0v) is 11.9. The lowest BCUT2D eigenvalue weighted by Crippen LogP contribution is -2.33. The van der Waals surface area contributed by atoms with Gasteiger partial charge in [-0.2, -0.15) is 5.10 Å². The molecule has 1 fully saturated rings. The van der Waals surface area contributed by atoms with Gasteiger partial charge in [-0.1, -0.05) is 19.8 Å². The summed E-state index contributed by atoms with van der Waals surface area (Å²) in [6, 6.07) is 0.967. The Hall–Kier alpha value is -0.900. The fourth-order valence-corrected chi connectivity index (χ4v) is 2.42. The molecule has 0 amide bonds. The van der Waals surface area contributed by atoms with Crippen molar-refractivity contribution in [3.8, 4) is 0 Å². The van der Waals surface area contributed by atoms with E-state index >= 15 is 0 Å². The summed E-state index contributed by atoms with van der Waals surface area (Å²) in [6.07, 6.45) is 8.02. The summed E-state index contributed by atoms with van der Waals surface area (Å²) in [6.45, 7) is 7.64. The number of nitrogens with one attached hydrogen (secondary N) is 1. The Morgan fingerprint density at radius 2 is 2.22 bits per heavy atom. The highest BCUT2D eigenvalue weighted by Crippen LogP contribution is 2.34. The molecule has 0 bridgehead atoms. The van der Waals surface area contributed by atoms with Crippen LogP contribution in [0.5, 0.6) is 0 Å². The van der Waals surface area contributed by atoms with Gasteiger partial charge in [0.25, 0.3) is 0 Å². The summed E-state index contributed by atoms with van der Waals surface area (Å²) < 4.78 is 2.05. The Morgan fingerprint density at radius 3 is 2.83 bits per heavy atom. The van der Waals surface area contributed by atoms with Crippen LogP contribution in [0.15, 0.2) is 6.33 Å².